The lowest BCUT2D eigenvalue weighted by Gasteiger charge is -2.34. The molecule has 1 aromatic carbocycles. The lowest BCUT2D eigenvalue weighted by molar-refractivity contribution is 0.190. The highest BCUT2D eigenvalue weighted by Gasteiger charge is 2.39. The third kappa shape index (κ3) is 2.90. The second-order valence-electron chi connectivity index (χ2n) is 5.89. The van der Waals surface area contributed by atoms with Gasteiger partial charge in [-0.1, -0.05) is 18.2 Å². The summed E-state index contributed by atoms with van der Waals surface area (Å²) in [5.41, 5.74) is 6.93. The average molecular weight is 250 g/mol. The van der Waals surface area contributed by atoms with E-state index in [0.717, 1.165) is 12.1 Å². The van der Waals surface area contributed by atoms with Crippen LogP contribution in [0.3, 0.4) is 0 Å². The van der Waals surface area contributed by atoms with Gasteiger partial charge >= 0.3 is 0 Å². The monoisotopic (exact) mass is 250 g/mol. The van der Waals surface area contributed by atoms with Crippen molar-refractivity contribution < 1.29 is 4.39 Å². The van der Waals surface area contributed by atoms with Crippen molar-refractivity contribution >= 4 is 0 Å². The summed E-state index contributed by atoms with van der Waals surface area (Å²) in [5.74, 6) is 0.495. The van der Waals surface area contributed by atoms with Crippen molar-refractivity contribution in [1.29, 1.82) is 0 Å². The number of likely N-dealkylation sites (N-methyl/N-ethyl adjacent to an activating group) is 1. The minimum Gasteiger partial charge on any atom is -0.324 e. The van der Waals surface area contributed by atoms with E-state index in [9.17, 15) is 4.39 Å². The van der Waals surface area contributed by atoms with Crippen LogP contribution in [0.4, 0.5) is 4.39 Å². The van der Waals surface area contributed by atoms with Crippen LogP contribution >= 0.6 is 0 Å². The van der Waals surface area contributed by atoms with Crippen molar-refractivity contribution in [1.82, 2.24) is 4.90 Å². The van der Waals surface area contributed by atoms with Gasteiger partial charge in [0.05, 0.1) is 0 Å². The Hall–Kier alpha value is -0.930. The molecule has 2 N–H and O–H groups in total. The zero-order valence-electron chi connectivity index (χ0n) is 11.5. The summed E-state index contributed by atoms with van der Waals surface area (Å²) < 4.78 is 13.7. The van der Waals surface area contributed by atoms with Crippen molar-refractivity contribution in [2.24, 2.45) is 11.7 Å². The van der Waals surface area contributed by atoms with E-state index in [4.69, 9.17) is 5.73 Å². The Kier molecular flexibility index (Phi) is 3.74. The molecule has 1 aliphatic rings. The summed E-state index contributed by atoms with van der Waals surface area (Å²) in [4.78, 5) is 2.15. The van der Waals surface area contributed by atoms with Crippen molar-refractivity contribution in [2.45, 2.75) is 38.3 Å². The Morgan fingerprint density at radius 3 is 2.61 bits per heavy atom. The summed E-state index contributed by atoms with van der Waals surface area (Å²) in [6.45, 7) is 4.93. The minimum atomic E-state index is -0.158. The van der Waals surface area contributed by atoms with Gasteiger partial charge in [-0.15, -0.1) is 0 Å². The van der Waals surface area contributed by atoms with Gasteiger partial charge in [-0.2, -0.15) is 0 Å². The lowest BCUT2D eigenvalue weighted by Crippen LogP contribution is -2.49. The highest BCUT2D eigenvalue weighted by atomic mass is 19.1. The molecule has 0 bridgehead atoms. The molecule has 0 amide bonds. The van der Waals surface area contributed by atoms with Crippen LogP contribution < -0.4 is 5.73 Å². The first-order valence-electron chi connectivity index (χ1n) is 6.65. The molecule has 3 heteroatoms. The van der Waals surface area contributed by atoms with E-state index in [1.807, 2.05) is 26.1 Å². The first-order valence-corrected chi connectivity index (χ1v) is 6.65. The molecular formula is C15H23FN2. The highest BCUT2D eigenvalue weighted by Crippen LogP contribution is 2.39. The van der Waals surface area contributed by atoms with Crippen LogP contribution in [0.5, 0.6) is 0 Å². The largest absolute Gasteiger partial charge is 0.324 e. The maximum absolute atomic E-state index is 13.7. The molecule has 0 radical (unpaired) electrons. The fraction of sp³-hybridized carbons (Fsp3) is 0.600. The van der Waals surface area contributed by atoms with Gasteiger partial charge in [0.1, 0.15) is 5.82 Å². The SMILES string of the molecule is CC(c1ccccc1F)N(C)CC(C)(N)C1CC1. The van der Waals surface area contributed by atoms with Gasteiger partial charge in [-0.25, -0.2) is 4.39 Å². The van der Waals surface area contributed by atoms with Gasteiger partial charge in [0.2, 0.25) is 0 Å². The van der Waals surface area contributed by atoms with Crippen LogP contribution in [-0.4, -0.2) is 24.0 Å². The highest BCUT2D eigenvalue weighted by molar-refractivity contribution is 5.20. The van der Waals surface area contributed by atoms with Gasteiger partial charge in [-0.3, -0.25) is 4.90 Å². The van der Waals surface area contributed by atoms with Crippen LogP contribution in [0, 0.1) is 11.7 Å². The van der Waals surface area contributed by atoms with Gasteiger partial charge in [0.25, 0.3) is 0 Å². The quantitative estimate of drug-likeness (QED) is 0.870. The van der Waals surface area contributed by atoms with Crippen molar-refractivity contribution in [3.8, 4) is 0 Å². The Balaban J connectivity index is 2.04. The van der Waals surface area contributed by atoms with Gasteiger partial charge < -0.3 is 5.73 Å². The zero-order valence-corrected chi connectivity index (χ0v) is 11.5. The van der Waals surface area contributed by atoms with E-state index in [0.29, 0.717) is 5.92 Å². The molecule has 18 heavy (non-hydrogen) atoms. The molecule has 0 saturated heterocycles. The Bertz CT molecular complexity index is 413. The van der Waals surface area contributed by atoms with Crippen LogP contribution in [-0.2, 0) is 0 Å². The van der Waals surface area contributed by atoms with Crippen molar-refractivity contribution in [2.75, 3.05) is 13.6 Å². The molecule has 2 atom stereocenters. The fourth-order valence-corrected chi connectivity index (χ4v) is 2.60. The number of rotatable bonds is 5. The number of nitrogens with two attached hydrogens (primary N) is 1. The summed E-state index contributed by atoms with van der Waals surface area (Å²) in [6.07, 6.45) is 2.46. The maximum Gasteiger partial charge on any atom is 0.127 e. The minimum absolute atomic E-state index is 0.0489. The second kappa shape index (κ2) is 4.98. The number of nitrogens with zero attached hydrogens (tertiary/aromatic N) is 1. The van der Waals surface area contributed by atoms with Crippen molar-refractivity contribution in [3.05, 3.63) is 35.6 Å². The molecular weight excluding hydrogens is 227 g/mol. The number of hydrogen-bond donors (Lipinski definition) is 1. The van der Waals surface area contributed by atoms with Gasteiger partial charge in [0.15, 0.2) is 0 Å². The Labute approximate surface area is 109 Å². The van der Waals surface area contributed by atoms with Crippen LogP contribution in [0.2, 0.25) is 0 Å². The van der Waals surface area contributed by atoms with E-state index in [-0.39, 0.29) is 17.4 Å². The molecule has 0 aliphatic heterocycles. The summed E-state index contributed by atoms with van der Waals surface area (Å²) in [6, 6.07) is 7.02. The smallest absolute Gasteiger partial charge is 0.127 e. The van der Waals surface area contributed by atoms with Crippen LogP contribution in [0.15, 0.2) is 24.3 Å². The fourth-order valence-electron chi connectivity index (χ4n) is 2.60. The van der Waals surface area contributed by atoms with Crippen LogP contribution in [0.25, 0.3) is 0 Å². The van der Waals surface area contributed by atoms with E-state index in [1.54, 1.807) is 6.07 Å². The molecule has 2 nitrogen and oxygen atoms in total. The predicted molar refractivity (Wildman–Crippen MR) is 72.8 cm³/mol. The molecule has 0 heterocycles. The average Bonchev–Trinajstić information content (AvgIpc) is 3.12. The third-order valence-electron chi connectivity index (χ3n) is 4.12. The number of benzene rings is 1. The normalized spacial score (nSPS) is 20.8. The first kappa shape index (κ1) is 13.5. The number of hydrogen-bond acceptors (Lipinski definition) is 2. The third-order valence-corrected chi connectivity index (χ3v) is 4.12. The van der Waals surface area contributed by atoms with Gasteiger partial charge in [0, 0.05) is 23.7 Å². The molecule has 100 valence electrons. The van der Waals surface area contributed by atoms with Crippen molar-refractivity contribution in [3.63, 3.8) is 0 Å². The zero-order chi connectivity index (χ0) is 13.3. The van der Waals surface area contributed by atoms with E-state index >= 15 is 0 Å². The molecule has 2 unspecified atom stereocenters. The van der Waals surface area contributed by atoms with E-state index in [2.05, 4.69) is 11.8 Å². The topological polar surface area (TPSA) is 29.3 Å². The van der Waals surface area contributed by atoms with Crippen LogP contribution in [0.1, 0.15) is 38.3 Å². The molecule has 1 aliphatic carbocycles. The summed E-state index contributed by atoms with van der Waals surface area (Å²) in [5, 5.41) is 0. The molecule has 1 saturated carbocycles. The molecule has 0 aromatic heterocycles. The second-order valence-corrected chi connectivity index (χ2v) is 5.89. The molecule has 1 fully saturated rings. The molecule has 0 spiro atoms. The summed E-state index contributed by atoms with van der Waals surface area (Å²) in [7, 11) is 2.02. The Morgan fingerprint density at radius 2 is 2.06 bits per heavy atom. The first-order chi connectivity index (χ1) is 8.42. The predicted octanol–water partition coefficient (Wildman–Crippen LogP) is 2.95. The molecule has 1 aromatic rings. The maximum atomic E-state index is 13.7. The molecule has 2 rings (SSSR count). The van der Waals surface area contributed by atoms with E-state index in [1.165, 1.54) is 18.9 Å². The number of halogens is 1. The Morgan fingerprint density at radius 1 is 1.44 bits per heavy atom. The van der Waals surface area contributed by atoms with Gasteiger partial charge in [-0.05, 0) is 45.7 Å². The standard InChI is InChI=1S/C15H23FN2/c1-11(13-6-4-5-7-14(13)16)18(3)10-15(2,17)12-8-9-12/h4-7,11-12H,8-10,17H2,1-3H3. The summed E-state index contributed by atoms with van der Waals surface area (Å²) >= 11 is 0. The van der Waals surface area contributed by atoms with E-state index < -0.39 is 0 Å². The lowest BCUT2D eigenvalue weighted by atomic mass is 9.95.